The molecule has 356 valence electrons. The number of anilines is 2. The van der Waals surface area contributed by atoms with Crippen molar-refractivity contribution in [1.82, 2.24) is 0 Å². The fraction of sp³-hybridized carbons (Fsp3) is 0.680. The molecule has 6 heterocycles. The Labute approximate surface area is 399 Å². The van der Waals surface area contributed by atoms with Gasteiger partial charge in [-0.25, -0.2) is 16.8 Å². The molecule has 0 radical (unpaired) electrons. The van der Waals surface area contributed by atoms with E-state index in [0.29, 0.717) is 15.5 Å². The van der Waals surface area contributed by atoms with E-state index in [0.717, 1.165) is 63.7 Å². The van der Waals surface area contributed by atoms with Crippen LogP contribution in [0.5, 0.6) is 0 Å². The van der Waals surface area contributed by atoms with E-state index in [4.69, 9.17) is 0 Å². The van der Waals surface area contributed by atoms with Gasteiger partial charge in [0.2, 0.25) is 0 Å². The van der Waals surface area contributed by atoms with Gasteiger partial charge in [-0.1, -0.05) is 182 Å². The molecule has 0 fully saturated rings. The Hall–Kier alpha value is -1.74. The molecule has 4 aromatic heterocycles. The van der Waals surface area contributed by atoms with Gasteiger partial charge in [-0.3, -0.25) is 9.03 Å². The zero-order valence-electron chi connectivity index (χ0n) is 39.0. The van der Waals surface area contributed by atoms with Crippen molar-refractivity contribution in [3.8, 4) is 19.5 Å². The number of aliphatic hydroxyl groups excluding tert-OH is 1. The van der Waals surface area contributed by atoms with Gasteiger partial charge in [0.1, 0.15) is 9.79 Å². The highest BCUT2D eigenvalue weighted by atomic mass is 32.2. The van der Waals surface area contributed by atoms with E-state index in [1.165, 1.54) is 153 Å². The minimum atomic E-state index is -3.47. The fourth-order valence-electron chi connectivity index (χ4n) is 8.54. The molecule has 0 saturated heterocycles. The van der Waals surface area contributed by atoms with Gasteiger partial charge >= 0.3 is 0 Å². The van der Waals surface area contributed by atoms with Crippen LogP contribution in [0.1, 0.15) is 207 Å². The van der Waals surface area contributed by atoms with Gasteiger partial charge < -0.3 is 5.11 Å². The Kier molecular flexibility index (Phi) is 25.5. The predicted molar refractivity (Wildman–Crippen MR) is 278 cm³/mol. The van der Waals surface area contributed by atoms with Crippen LogP contribution in [0.2, 0.25) is 0 Å². The van der Waals surface area contributed by atoms with Crippen LogP contribution in [0.4, 0.5) is 11.4 Å². The third kappa shape index (κ3) is 17.1. The second-order valence-electron chi connectivity index (χ2n) is 17.5. The van der Waals surface area contributed by atoms with Gasteiger partial charge in [0, 0.05) is 6.04 Å². The first-order valence-corrected chi connectivity index (χ1v) is 31.1. The maximum Gasteiger partial charge on any atom is 0.266 e. The largest absolute Gasteiger partial charge is 0.393 e. The summed E-state index contributed by atoms with van der Waals surface area (Å²) in [6, 6.07) is 7.34. The molecule has 0 aromatic carbocycles. The summed E-state index contributed by atoms with van der Waals surface area (Å²) in [6.07, 6.45) is 34.8. The Balaban J connectivity index is 0.000000229. The molecule has 2 aliphatic rings. The fourth-order valence-corrected chi connectivity index (χ4v) is 16.6. The topological polar surface area (TPSA) is 104 Å². The van der Waals surface area contributed by atoms with Crippen LogP contribution in [0.15, 0.2) is 55.6 Å². The number of hydrogen-bond acceptors (Lipinski definition) is 9. The number of unbranched alkanes of at least 4 members (excludes halogenated alkanes) is 20. The third-order valence-corrected chi connectivity index (χ3v) is 19.7. The molecule has 13 heteroatoms. The Morgan fingerprint density at radius 3 is 1.37 bits per heavy atom. The predicted octanol–water partition coefficient (Wildman–Crippen LogP) is 17.3. The molecular formula is C50H80N2O5S6. The minimum absolute atomic E-state index is 0.0256. The molecule has 0 saturated carbocycles. The molecule has 4 aromatic rings. The number of aliphatic hydroxyl groups is 1. The van der Waals surface area contributed by atoms with Gasteiger partial charge in [0.25, 0.3) is 20.0 Å². The highest BCUT2D eigenvalue weighted by molar-refractivity contribution is 7.93. The third-order valence-electron chi connectivity index (χ3n) is 12.2. The van der Waals surface area contributed by atoms with Crippen molar-refractivity contribution in [3.63, 3.8) is 0 Å². The van der Waals surface area contributed by atoms with Crippen molar-refractivity contribution in [1.29, 1.82) is 0 Å². The molecule has 0 spiro atoms. The van der Waals surface area contributed by atoms with Gasteiger partial charge in [0.05, 0.1) is 37.0 Å². The van der Waals surface area contributed by atoms with Crippen LogP contribution in [0.25, 0.3) is 19.5 Å². The lowest BCUT2D eigenvalue weighted by Gasteiger charge is -2.35. The van der Waals surface area contributed by atoms with E-state index in [-0.39, 0.29) is 12.1 Å². The first-order chi connectivity index (χ1) is 30.6. The van der Waals surface area contributed by atoms with Crippen molar-refractivity contribution in [2.45, 2.75) is 229 Å². The van der Waals surface area contributed by atoms with E-state index in [1.807, 2.05) is 21.1 Å². The maximum absolute atomic E-state index is 13.7. The molecule has 2 N–H and O–H groups in total. The summed E-state index contributed by atoms with van der Waals surface area (Å²) >= 11 is 6.25. The van der Waals surface area contributed by atoms with Crippen molar-refractivity contribution in [2.24, 2.45) is 0 Å². The highest BCUT2D eigenvalue weighted by Crippen LogP contribution is 2.50. The average Bonchev–Trinajstić information content (AvgIpc) is 4.11. The second-order valence-corrected chi connectivity index (χ2v) is 24.6. The zero-order chi connectivity index (χ0) is 45.3. The maximum atomic E-state index is 13.7. The molecule has 6 rings (SSSR count). The number of rotatable bonds is 29. The smallest absolute Gasteiger partial charge is 0.266 e. The molecule has 0 bridgehead atoms. The summed E-state index contributed by atoms with van der Waals surface area (Å²) in [5.74, 6) is 0. The Morgan fingerprint density at radius 1 is 0.476 bits per heavy atom. The highest BCUT2D eigenvalue weighted by Gasteiger charge is 2.40. The van der Waals surface area contributed by atoms with E-state index in [2.05, 4.69) is 37.8 Å². The molecule has 0 aliphatic carbocycles. The summed E-state index contributed by atoms with van der Waals surface area (Å²) in [5, 5.41) is 17.5. The lowest BCUT2D eigenvalue weighted by atomic mass is 9.99. The molecular weight excluding hydrogens is 901 g/mol. The SMILES string of the molecule is CCCCCCCCC(CCCCCCCC)N1c2ccsc2-c2sccc2S1(=O)=O.CCCCCCCCC(O)CCCCCCCC.O=S1(=O)Nc2ccsc2-c2sccc21. The van der Waals surface area contributed by atoms with Crippen LogP contribution in [0.3, 0.4) is 0 Å². The number of fused-ring (bicyclic) bond motifs is 6. The van der Waals surface area contributed by atoms with Crippen LogP contribution < -0.4 is 9.03 Å². The van der Waals surface area contributed by atoms with Crippen molar-refractivity contribution in [2.75, 3.05) is 9.03 Å². The molecule has 0 amide bonds. The van der Waals surface area contributed by atoms with Gasteiger partial charge in [-0.05, 0) is 71.5 Å². The average molecular weight is 982 g/mol. The summed E-state index contributed by atoms with van der Waals surface area (Å²) in [7, 11) is -6.79. The molecule has 0 unspecified atom stereocenters. The van der Waals surface area contributed by atoms with Crippen LogP contribution in [-0.2, 0) is 20.0 Å². The summed E-state index contributed by atoms with van der Waals surface area (Å²) in [6.45, 7) is 9.00. The molecule has 0 atom stereocenters. The molecule has 2 aliphatic heterocycles. The van der Waals surface area contributed by atoms with Crippen LogP contribution >= 0.6 is 45.3 Å². The van der Waals surface area contributed by atoms with E-state index >= 15 is 0 Å². The minimum Gasteiger partial charge on any atom is -0.393 e. The quantitative estimate of drug-likeness (QED) is 0.0528. The Bertz CT molecular complexity index is 2000. The summed E-state index contributed by atoms with van der Waals surface area (Å²) in [5.41, 5.74) is 1.62. The van der Waals surface area contributed by atoms with Crippen molar-refractivity contribution in [3.05, 3.63) is 45.8 Å². The lowest BCUT2D eigenvalue weighted by molar-refractivity contribution is 0.147. The number of nitrogens with zero attached hydrogens (tertiary/aromatic N) is 1. The van der Waals surface area contributed by atoms with Gasteiger partial charge in [0.15, 0.2) is 0 Å². The lowest BCUT2D eigenvalue weighted by Crippen LogP contribution is -2.42. The number of nitrogens with one attached hydrogen (secondary N) is 1. The summed E-state index contributed by atoms with van der Waals surface area (Å²) in [4.78, 5) is 4.86. The molecule has 7 nitrogen and oxygen atoms in total. The Morgan fingerprint density at radius 2 is 0.857 bits per heavy atom. The summed E-state index contributed by atoms with van der Waals surface area (Å²) < 4.78 is 55.1. The van der Waals surface area contributed by atoms with Gasteiger partial charge in [-0.15, -0.1) is 45.3 Å². The standard InChI is InChI=1S/C25H39NO2S3.C17H36O.C8H5NO2S3/c1-3-5-7-9-11-13-15-21(16-14-12-10-8-6-4-2)26-22-17-19-29-24(22)25-23(18-20-30-25)31(26,27)28;1-3-5-7-9-11-13-15-17(18)16-14-12-10-8-6-4-2;10-14(11)6-2-4-13-8(6)7-5(9-14)1-3-12-7/h17-21H,3-16H2,1-2H3;17-18H,3-16H2,1-2H3;1-4,9H. The first-order valence-electron chi connectivity index (χ1n) is 24.7. The van der Waals surface area contributed by atoms with Gasteiger partial charge in [-0.2, -0.15) is 0 Å². The van der Waals surface area contributed by atoms with E-state index < -0.39 is 20.0 Å². The van der Waals surface area contributed by atoms with Crippen LogP contribution in [0, 0.1) is 0 Å². The number of hydrogen-bond donors (Lipinski definition) is 2. The number of sulfonamides is 2. The van der Waals surface area contributed by atoms with Crippen LogP contribution in [-0.4, -0.2) is 34.1 Å². The van der Waals surface area contributed by atoms with E-state index in [1.54, 1.807) is 57.6 Å². The number of thiophene rings is 4. The van der Waals surface area contributed by atoms with Crippen molar-refractivity contribution >= 4 is 76.8 Å². The normalized spacial score (nSPS) is 14.2. The second kappa shape index (κ2) is 29.8. The zero-order valence-corrected chi connectivity index (χ0v) is 43.9. The van der Waals surface area contributed by atoms with E-state index in [9.17, 15) is 21.9 Å². The first kappa shape index (κ1) is 53.9. The van der Waals surface area contributed by atoms with Crippen molar-refractivity contribution < 1.29 is 21.9 Å². The monoisotopic (exact) mass is 980 g/mol. The molecule has 63 heavy (non-hydrogen) atoms.